The van der Waals surface area contributed by atoms with Gasteiger partial charge >= 0.3 is 0 Å². The van der Waals surface area contributed by atoms with Crippen molar-refractivity contribution >= 4 is 58.9 Å². The second-order valence-electron chi connectivity index (χ2n) is 5.02. The molecule has 0 saturated heterocycles. The molecule has 1 atom stereocenters. The molecule has 0 fully saturated rings. The monoisotopic (exact) mass is 471 g/mol. The second-order valence-corrected chi connectivity index (χ2v) is 6.94. The molecule has 0 saturated carbocycles. The number of rotatable bonds is 8. The summed E-state index contributed by atoms with van der Waals surface area (Å²) in [4.78, 5) is 21.9. The van der Waals surface area contributed by atoms with E-state index in [1.54, 1.807) is 42.1 Å². The average Bonchev–Trinajstić information content (AvgIpc) is 3.03. The number of hydrogen-bond acceptors (Lipinski definition) is 5. The third-order valence-electron chi connectivity index (χ3n) is 2.92. The van der Waals surface area contributed by atoms with E-state index in [0.717, 1.165) is 23.8 Å². The van der Waals surface area contributed by atoms with Crippen molar-refractivity contribution in [1.29, 1.82) is 0 Å². The molecular formula is C14H26IN5OS2. The number of carbonyl (C=O) groups excluding carboxylic acids is 1. The van der Waals surface area contributed by atoms with Gasteiger partial charge in [-0.15, -0.1) is 35.3 Å². The van der Waals surface area contributed by atoms with Crippen LogP contribution in [0.25, 0.3) is 0 Å². The Morgan fingerprint density at radius 2 is 2.22 bits per heavy atom. The number of likely N-dealkylation sites (N-methyl/N-ethyl adjacent to an activating group) is 1. The smallest absolute Gasteiger partial charge is 0.243 e. The van der Waals surface area contributed by atoms with Gasteiger partial charge in [0.2, 0.25) is 5.91 Å². The molecule has 1 rings (SSSR count). The fourth-order valence-electron chi connectivity index (χ4n) is 1.55. The zero-order chi connectivity index (χ0) is 16.4. The first-order chi connectivity index (χ1) is 10.5. The fourth-order valence-corrected chi connectivity index (χ4v) is 2.55. The molecule has 1 heterocycles. The first kappa shape index (κ1) is 22.4. The van der Waals surface area contributed by atoms with E-state index in [2.05, 4.69) is 33.8 Å². The van der Waals surface area contributed by atoms with E-state index in [0.29, 0.717) is 11.9 Å². The molecule has 132 valence electrons. The van der Waals surface area contributed by atoms with Crippen molar-refractivity contribution in [2.24, 2.45) is 4.99 Å². The van der Waals surface area contributed by atoms with E-state index in [9.17, 15) is 4.79 Å². The molecule has 0 spiro atoms. The van der Waals surface area contributed by atoms with Gasteiger partial charge in [-0.1, -0.05) is 6.92 Å². The van der Waals surface area contributed by atoms with Gasteiger partial charge in [-0.05, 0) is 6.26 Å². The number of aromatic nitrogens is 1. The highest BCUT2D eigenvalue weighted by atomic mass is 127. The molecule has 2 N–H and O–H groups in total. The molecule has 0 aliphatic carbocycles. The van der Waals surface area contributed by atoms with Gasteiger partial charge in [-0.25, -0.2) is 9.98 Å². The number of nitrogens with one attached hydrogen (secondary N) is 2. The SMILES string of the molecule is CSCCNC(=NCC(=O)N(C)C)NCC(C)c1nccs1.I. The molecule has 1 aromatic heterocycles. The Hall–Kier alpha value is -0.550. The summed E-state index contributed by atoms with van der Waals surface area (Å²) in [5.74, 6) is 1.95. The number of thiazole rings is 1. The quantitative estimate of drug-likeness (QED) is 0.262. The summed E-state index contributed by atoms with van der Waals surface area (Å²) in [6.45, 7) is 3.81. The number of nitrogens with zero attached hydrogens (tertiary/aromatic N) is 3. The highest BCUT2D eigenvalue weighted by molar-refractivity contribution is 14.0. The third-order valence-corrected chi connectivity index (χ3v) is 4.54. The highest BCUT2D eigenvalue weighted by Gasteiger charge is 2.10. The summed E-state index contributed by atoms with van der Waals surface area (Å²) in [6, 6.07) is 0. The first-order valence-electron chi connectivity index (χ1n) is 7.15. The molecule has 23 heavy (non-hydrogen) atoms. The van der Waals surface area contributed by atoms with Crippen LogP contribution in [0.2, 0.25) is 0 Å². The topological polar surface area (TPSA) is 69.6 Å². The van der Waals surface area contributed by atoms with Gasteiger partial charge in [-0.2, -0.15) is 11.8 Å². The largest absolute Gasteiger partial charge is 0.356 e. The van der Waals surface area contributed by atoms with Gasteiger partial charge in [0.15, 0.2) is 5.96 Å². The lowest BCUT2D eigenvalue weighted by Crippen LogP contribution is -2.41. The molecule has 6 nitrogen and oxygen atoms in total. The molecule has 1 unspecified atom stereocenters. The minimum atomic E-state index is -0.0149. The van der Waals surface area contributed by atoms with Gasteiger partial charge in [0.1, 0.15) is 6.54 Å². The number of hydrogen-bond donors (Lipinski definition) is 2. The van der Waals surface area contributed by atoms with Crippen LogP contribution in [0.5, 0.6) is 0 Å². The van der Waals surface area contributed by atoms with E-state index in [1.807, 2.05) is 11.6 Å². The van der Waals surface area contributed by atoms with Crippen LogP contribution < -0.4 is 10.6 Å². The van der Waals surface area contributed by atoms with Crippen LogP contribution in [-0.2, 0) is 4.79 Å². The molecule has 1 amide bonds. The lowest BCUT2D eigenvalue weighted by Gasteiger charge is -2.15. The Kier molecular flexibility index (Phi) is 12.5. The van der Waals surface area contributed by atoms with Crippen LogP contribution in [0.4, 0.5) is 0 Å². The van der Waals surface area contributed by atoms with Crippen molar-refractivity contribution in [2.45, 2.75) is 12.8 Å². The van der Waals surface area contributed by atoms with E-state index >= 15 is 0 Å². The molecule has 0 aromatic carbocycles. The Bertz CT molecular complexity index is 468. The lowest BCUT2D eigenvalue weighted by molar-refractivity contribution is -0.127. The van der Waals surface area contributed by atoms with Crippen LogP contribution in [0.3, 0.4) is 0 Å². The molecule has 1 aromatic rings. The van der Waals surface area contributed by atoms with Crippen molar-refractivity contribution in [2.75, 3.05) is 45.7 Å². The normalized spacial score (nSPS) is 12.3. The van der Waals surface area contributed by atoms with Gasteiger partial charge in [-0.3, -0.25) is 4.79 Å². The van der Waals surface area contributed by atoms with Crippen LogP contribution in [0.15, 0.2) is 16.6 Å². The third kappa shape index (κ3) is 9.36. The zero-order valence-electron chi connectivity index (χ0n) is 14.0. The molecule has 0 bridgehead atoms. The number of carbonyl (C=O) groups is 1. The summed E-state index contributed by atoms with van der Waals surface area (Å²) in [5.41, 5.74) is 0. The van der Waals surface area contributed by atoms with Crippen molar-refractivity contribution in [3.05, 3.63) is 16.6 Å². The number of thioether (sulfide) groups is 1. The van der Waals surface area contributed by atoms with Crippen molar-refractivity contribution in [3.63, 3.8) is 0 Å². The maximum absolute atomic E-state index is 11.7. The standard InChI is InChI=1S/C14H25N5OS2.HI/c1-11(13-15-6-8-22-13)9-17-14(16-5-7-21-4)18-10-12(20)19(2)3;/h6,8,11H,5,7,9-10H2,1-4H3,(H2,16,17,18);1H. The summed E-state index contributed by atoms with van der Waals surface area (Å²) in [5, 5.41) is 9.61. The molecule has 0 aliphatic rings. The van der Waals surface area contributed by atoms with E-state index in [1.165, 1.54) is 0 Å². The van der Waals surface area contributed by atoms with Gasteiger partial charge in [0, 0.05) is 50.4 Å². The minimum absolute atomic E-state index is 0. The van der Waals surface area contributed by atoms with Gasteiger partial charge in [0.25, 0.3) is 0 Å². The number of aliphatic imine (C=N–C) groups is 1. The van der Waals surface area contributed by atoms with Crippen molar-refractivity contribution < 1.29 is 4.79 Å². The Labute approximate surface area is 163 Å². The molecular weight excluding hydrogens is 445 g/mol. The van der Waals surface area contributed by atoms with Crippen LogP contribution in [0, 0.1) is 0 Å². The van der Waals surface area contributed by atoms with Crippen LogP contribution >= 0.6 is 47.1 Å². The van der Waals surface area contributed by atoms with Crippen molar-refractivity contribution in [3.8, 4) is 0 Å². The van der Waals surface area contributed by atoms with E-state index < -0.39 is 0 Å². The molecule has 0 aliphatic heterocycles. The van der Waals surface area contributed by atoms with Crippen LogP contribution in [-0.4, -0.2) is 67.5 Å². The lowest BCUT2D eigenvalue weighted by atomic mass is 10.2. The summed E-state index contributed by atoms with van der Waals surface area (Å²) in [6.07, 6.45) is 3.88. The van der Waals surface area contributed by atoms with E-state index in [4.69, 9.17) is 0 Å². The molecule has 0 radical (unpaired) electrons. The highest BCUT2D eigenvalue weighted by Crippen LogP contribution is 2.16. The van der Waals surface area contributed by atoms with Crippen LogP contribution in [0.1, 0.15) is 17.8 Å². The van der Waals surface area contributed by atoms with Gasteiger partial charge < -0.3 is 15.5 Å². The molecule has 9 heteroatoms. The Balaban J connectivity index is 0.00000484. The predicted molar refractivity (Wildman–Crippen MR) is 111 cm³/mol. The Morgan fingerprint density at radius 1 is 1.48 bits per heavy atom. The summed E-state index contributed by atoms with van der Waals surface area (Å²) < 4.78 is 0. The predicted octanol–water partition coefficient (Wildman–Crippen LogP) is 1.85. The second kappa shape index (κ2) is 12.8. The summed E-state index contributed by atoms with van der Waals surface area (Å²) >= 11 is 3.42. The van der Waals surface area contributed by atoms with Gasteiger partial charge in [0.05, 0.1) is 5.01 Å². The summed E-state index contributed by atoms with van der Waals surface area (Å²) in [7, 11) is 3.47. The minimum Gasteiger partial charge on any atom is -0.356 e. The fraction of sp³-hybridized carbons (Fsp3) is 0.643. The first-order valence-corrected chi connectivity index (χ1v) is 9.42. The maximum Gasteiger partial charge on any atom is 0.243 e. The van der Waals surface area contributed by atoms with E-state index in [-0.39, 0.29) is 36.4 Å². The number of halogens is 1. The zero-order valence-corrected chi connectivity index (χ0v) is 18.0. The van der Waals surface area contributed by atoms with Crippen molar-refractivity contribution in [1.82, 2.24) is 20.5 Å². The Morgan fingerprint density at radius 3 is 2.78 bits per heavy atom. The maximum atomic E-state index is 11.7. The number of guanidine groups is 1. The number of amides is 1. The average molecular weight is 471 g/mol.